The molecule has 1 amide bonds. The molecule has 0 atom stereocenters. The molecule has 0 spiro atoms. The molecule has 0 aromatic heterocycles. The van der Waals surface area contributed by atoms with Gasteiger partial charge in [0.25, 0.3) is 5.69 Å². The minimum atomic E-state index is -4.17. The van der Waals surface area contributed by atoms with Gasteiger partial charge in [0, 0.05) is 18.7 Å². The molecule has 0 aliphatic heterocycles. The molecule has 36 heavy (non-hydrogen) atoms. The first-order chi connectivity index (χ1) is 17.0. The van der Waals surface area contributed by atoms with Crippen LogP contribution in [0.3, 0.4) is 0 Å². The van der Waals surface area contributed by atoms with Crippen molar-refractivity contribution in [2.24, 2.45) is 5.10 Å². The molecule has 13 nitrogen and oxygen atoms in total. The van der Waals surface area contributed by atoms with Crippen LogP contribution in [-0.4, -0.2) is 30.4 Å². The Morgan fingerprint density at radius 2 is 1.72 bits per heavy atom. The second-order valence-electron chi connectivity index (χ2n) is 7.02. The Kier molecular flexibility index (Phi) is 7.96. The normalized spacial score (nSPS) is 11.2. The van der Waals surface area contributed by atoms with Crippen molar-refractivity contribution in [3.05, 3.63) is 90.9 Å². The fraction of sp³-hybridized carbons (Fsp3) is 0.0476. The van der Waals surface area contributed by atoms with Crippen molar-refractivity contribution in [1.29, 1.82) is 0 Å². The Labute approximate surface area is 212 Å². The van der Waals surface area contributed by atoms with Gasteiger partial charge in [-0.05, 0) is 70.0 Å². The third-order valence-electron chi connectivity index (χ3n) is 4.41. The van der Waals surface area contributed by atoms with E-state index in [2.05, 4.69) is 31.8 Å². The summed E-state index contributed by atoms with van der Waals surface area (Å²) in [7, 11) is -4.17. The number of halogens is 1. The van der Waals surface area contributed by atoms with Gasteiger partial charge in [-0.25, -0.2) is 0 Å². The zero-order valence-electron chi connectivity index (χ0n) is 18.2. The molecular weight excluding hydrogens is 562 g/mol. The SMILES string of the molecule is CC(=O)Nc1ccc(S(=O)(=O)Oc2ccc(/C=N\Nc3ccc([N+](=O)[O-])cc3[N+](=O)[O-])cc2Br)cc1. The summed E-state index contributed by atoms with van der Waals surface area (Å²) in [5.74, 6) is -0.298. The van der Waals surface area contributed by atoms with Crippen molar-refractivity contribution in [2.45, 2.75) is 11.8 Å². The van der Waals surface area contributed by atoms with Crippen LogP contribution in [0.15, 0.2) is 75.1 Å². The lowest BCUT2D eigenvalue weighted by Gasteiger charge is -2.10. The van der Waals surface area contributed by atoms with Gasteiger partial charge in [0.15, 0.2) is 5.75 Å². The smallest absolute Gasteiger partial charge is 0.339 e. The van der Waals surface area contributed by atoms with E-state index in [0.29, 0.717) is 11.3 Å². The van der Waals surface area contributed by atoms with Crippen LogP contribution in [0.4, 0.5) is 22.7 Å². The summed E-state index contributed by atoms with van der Waals surface area (Å²) in [5, 5.41) is 28.4. The number of anilines is 2. The molecule has 0 saturated heterocycles. The number of nitro benzene ring substituents is 2. The summed E-state index contributed by atoms with van der Waals surface area (Å²) in [6, 6.07) is 12.9. The van der Waals surface area contributed by atoms with E-state index in [9.17, 15) is 33.4 Å². The lowest BCUT2D eigenvalue weighted by atomic mass is 10.2. The van der Waals surface area contributed by atoms with E-state index in [4.69, 9.17) is 4.18 Å². The van der Waals surface area contributed by atoms with Crippen LogP contribution in [0.1, 0.15) is 12.5 Å². The number of rotatable bonds is 9. The lowest BCUT2D eigenvalue weighted by Crippen LogP contribution is -2.11. The van der Waals surface area contributed by atoms with Crippen molar-refractivity contribution in [1.82, 2.24) is 0 Å². The van der Waals surface area contributed by atoms with Crippen molar-refractivity contribution in [2.75, 3.05) is 10.7 Å². The van der Waals surface area contributed by atoms with Crippen LogP contribution in [0.25, 0.3) is 0 Å². The molecule has 15 heteroatoms. The quantitative estimate of drug-likeness (QED) is 0.160. The Bertz CT molecular complexity index is 1480. The van der Waals surface area contributed by atoms with Crippen molar-refractivity contribution in [3.8, 4) is 5.75 Å². The average molecular weight is 578 g/mol. The molecule has 0 fully saturated rings. The molecule has 3 aromatic carbocycles. The van der Waals surface area contributed by atoms with Gasteiger partial charge in [0.05, 0.1) is 26.6 Å². The maximum Gasteiger partial charge on any atom is 0.339 e. The van der Waals surface area contributed by atoms with Crippen molar-refractivity contribution < 1.29 is 27.2 Å². The van der Waals surface area contributed by atoms with E-state index < -0.39 is 31.3 Å². The highest BCUT2D eigenvalue weighted by Crippen LogP contribution is 2.30. The molecule has 3 rings (SSSR count). The van der Waals surface area contributed by atoms with Gasteiger partial charge in [-0.15, -0.1) is 0 Å². The highest BCUT2D eigenvalue weighted by molar-refractivity contribution is 9.10. The Hall–Kier alpha value is -4.37. The van der Waals surface area contributed by atoms with Crippen LogP contribution in [-0.2, 0) is 14.9 Å². The molecule has 0 bridgehead atoms. The second kappa shape index (κ2) is 10.9. The number of carbonyl (C=O) groups excluding carboxylic acids is 1. The van der Waals surface area contributed by atoms with Crippen molar-refractivity contribution >= 4 is 60.9 Å². The van der Waals surface area contributed by atoms with E-state index in [-0.39, 0.29) is 26.7 Å². The standard InChI is InChI=1S/C21H16BrN5O8S/c1-13(28)24-15-3-6-17(7-4-15)36(33,34)35-21-9-2-14(10-18(21)22)12-23-25-19-8-5-16(26(29)30)11-20(19)27(31)32/h2-12,25H,1H3,(H,24,28)/b23-12-. The van der Waals surface area contributed by atoms with Crippen LogP contribution in [0.2, 0.25) is 0 Å². The Morgan fingerprint density at radius 1 is 1.03 bits per heavy atom. The number of hydrogen-bond acceptors (Lipinski definition) is 10. The van der Waals surface area contributed by atoms with Gasteiger partial charge in [-0.1, -0.05) is 0 Å². The zero-order valence-corrected chi connectivity index (χ0v) is 20.6. The molecule has 3 aromatic rings. The summed E-state index contributed by atoms with van der Waals surface area (Å²) < 4.78 is 30.7. The van der Waals surface area contributed by atoms with Gasteiger partial charge < -0.3 is 9.50 Å². The van der Waals surface area contributed by atoms with E-state index in [1.807, 2.05) is 0 Å². The number of amides is 1. The first-order valence-corrected chi connectivity index (χ1v) is 12.0. The Morgan fingerprint density at radius 3 is 2.31 bits per heavy atom. The van der Waals surface area contributed by atoms with Crippen LogP contribution >= 0.6 is 15.9 Å². The summed E-state index contributed by atoms with van der Waals surface area (Å²) >= 11 is 3.23. The zero-order chi connectivity index (χ0) is 26.5. The van der Waals surface area contributed by atoms with E-state index in [1.165, 1.54) is 55.6 Å². The average Bonchev–Trinajstić information content (AvgIpc) is 2.80. The topological polar surface area (TPSA) is 183 Å². The molecule has 0 saturated carbocycles. The van der Waals surface area contributed by atoms with Crippen LogP contribution in [0.5, 0.6) is 5.75 Å². The predicted octanol–water partition coefficient (Wildman–Crippen LogP) is 4.44. The molecule has 0 radical (unpaired) electrons. The van der Waals surface area contributed by atoms with Crippen LogP contribution in [0, 0.1) is 20.2 Å². The number of benzene rings is 3. The monoisotopic (exact) mass is 577 g/mol. The lowest BCUT2D eigenvalue weighted by molar-refractivity contribution is -0.393. The van der Waals surface area contributed by atoms with Gasteiger partial charge in [0.2, 0.25) is 5.91 Å². The number of nitrogens with one attached hydrogen (secondary N) is 2. The van der Waals surface area contributed by atoms with E-state index >= 15 is 0 Å². The number of nitrogens with zero attached hydrogens (tertiary/aromatic N) is 3. The van der Waals surface area contributed by atoms with Crippen LogP contribution < -0.4 is 14.9 Å². The van der Waals surface area contributed by atoms with Gasteiger partial charge in [-0.3, -0.25) is 30.4 Å². The number of hydrazone groups is 1. The summed E-state index contributed by atoms with van der Waals surface area (Å²) in [5.41, 5.74) is 2.34. The largest absolute Gasteiger partial charge is 0.378 e. The fourth-order valence-corrected chi connectivity index (χ4v) is 4.33. The molecule has 0 heterocycles. The van der Waals surface area contributed by atoms with E-state index in [0.717, 1.165) is 18.2 Å². The number of nitro groups is 2. The van der Waals surface area contributed by atoms with Gasteiger partial charge in [0.1, 0.15) is 10.6 Å². The van der Waals surface area contributed by atoms with Crippen molar-refractivity contribution in [3.63, 3.8) is 0 Å². The molecule has 0 unspecified atom stereocenters. The Balaban J connectivity index is 1.72. The number of non-ortho nitro benzene ring substituents is 1. The summed E-state index contributed by atoms with van der Waals surface area (Å²) in [6.07, 6.45) is 1.30. The molecule has 0 aliphatic carbocycles. The summed E-state index contributed by atoms with van der Waals surface area (Å²) in [4.78, 5) is 31.5. The van der Waals surface area contributed by atoms with E-state index in [1.54, 1.807) is 0 Å². The van der Waals surface area contributed by atoms with Gasteiger partial charge in [-0.2, -0.15) is 13.5 Å². The predicted molar refractivity (Wildman–Crippen MR) is 134 cm³/mol. The minimum Gasteiger partial charge on any atom is -0.378 e. The maximum absolute atomic E-state index is 12.6. The molecule has 2 N–H and O–H groups in total. The molecular formula is C21H16BrN5O8S. The number of carbonyl (C=O) groups is 1. The first kappa shape index (κ1) is 26.2. The minimum absolute atomic E-state index is 0.00273. The van der Waals surface area contributed by atoms with Gasteiger partial charge >= 0.3 is 15.8 Å². The molecule has 0 aliphatic rings. The third-order valence-corrected chi connectivity index (χ3v) is 6.27. The number of hydrogen-bond donors (Lipinski definition) is 2. The maximum atomic E-state index is 12.6. The third kappa shape index (κ3) is 6.61. The summed E-state index contributed by atoms with van der Waals surface area (Å²) in [6.45, 7) is 1.33. The first-order valence-electron chi connectivity index (χ1n) is 9.80. The highest BCUT2D eigenvalue weighted by atomic mass is 79.9. The highest BCUT2D eigenvalue weighted by Gasteiger charge is 2.20. The second-order valence-corrected chi connectivity index (χ2v) is 9.42. The molecule has 186 valence electrons. The fourth-order valence-electron chi connectivity index (χ4n) is 2.80.